The number of Topliss-reactive ketones (excluding diaryl/α,β-unsaturated/α-hetero) is 1. The van der Waals surface area contributed by atoms with Gasteiger partial charge in [0.15, 0.2) is 5.78 Å². The number of rotatable bonds is 5. The van der Waals surface area contributed by atoms with E-state index in [0.717, 1.165) is 6.42 Å². The molecule has 0 radical (unpaired) electrons. The highest BCUT2D eigenvalue weighted by atomic mass is 35.5. The third kappa shape index (κ3) is 3.58. The molecule has 0 aliphatic rings. The van der Waals surface area contributed by atoms with Gasteiger partial charge in [-0.15, -0.1) is 0 Å². The zero-order chi connectivity index (χ0) is 12.1. The van der Waals surface area contributed by atoms with Crippen LogP contribution in [0.1, 0.15) is 25.3 Å². The Morgan fingerprint density at radius 1 is 1.56 bits per heavy atom. The summed E-state index contributed by atoms with van der Waals surface area (Å²) in [4.78, 5) is 11.6. The molecular weight excluding hydrogens is 229 g/mol. The Bertz CT molecular complexity index is 381. The summed E-state index contributed by atoms with van der Waals surface area (Å²) in [5.41, 5.74) is 6.38. The van der Waals surface area contributed by atoms with Crippen LogP contribution in [0.3, 0.4) is 0 Å². The summed E-state index contributed by atoms with van der Waals surface area (Å²) in [5, 5.41) is 0.0364. The summed E-state index contributed by atoms with van der Waals surface area (Å²) in [6.07, 6.45) is 1.76. The molecular formula is C12H15ClFNO. The Hall–Kier alpha value is -0.930. The van der Waals surface area contributed by atoms with Gasteiger partial charge in [0, 0.05) is 6.42 Å². The van der Waals surface area contributed by atoms with Crippen molar-refractivity contribution >= 4 is 17.4 Å². The fourth-order valence-electron chi connectivity index (χ4n) is 1.45. The first-order valence-corrected chi connectivity index (χ1v) is 5.64. The molecule has 88 valence electrons. The van der Waals surface area contributed by atoms with E-state index in [1.54, 1.807) is 6.07 Å². The highest BCUT2D eigenvalue weighted by molar-refractivity contribution is 6.30. The first kappa shape index (κ1) is 13.1. The monoisotopic (exact) mass is 243 g/mol. The SMILES string of the molecule is CCCC(N)C(=O)Cc1ccc(F)c(Cl)c1. The maximum atomic E-state index is 12.9. The van der Waals surface area contributed by atoms with E-state index in [2.05, 4.69) is 0 Å². The van der Waals surface area contributed by atoms with Crippen molar-refractivity contribution in [1.82, 2.24) is 0 Å². The molecule has 0 aliphatic carbocycles. The lowest BCUT2D eigenvalue weighted by Crippen LogP contribution is -2.31. The summed E-state index contributed by atoms with van der Waals surface area (Å²) in [6, 6.07) is 3.84. The van der Waals surface area contributed by atoms with Gasteiger partial charge >= 0.3 is 0 Å². The van der Waals surface area contributed by atoms with Crippen LogP contribution in [0.4, 0.5) is 4.39 Å². The Morgan fingerprint density at radius 3 is 2.81 bits per heavy atom. The molecule has 0 heterocycles. The van der Waals surface area contributed by atoms with E-state index in [1.165, 1.54) is 12.1 Å². The summed E-state index contributed by atoms with van der Waals surface area (Å²) < 4.78 is 12.9. The van der Waals surface area contributed by atoms with Crippen molar-refractivity contribution in [3.63, 3.8) is 0 Å². The van der Waals surface area contributed by atoms with Crippen molar-refractivity contribution in [2.75, 3.05) is 0 Å². The van der Waals surface area contributed by atoms with E-state index in [9.17, 15) is 9.18 Å². The molecule has 2 nitrogen and oxygen atoms in total. The minimum atomic E-state index is -0.476. The molecule has 0 spiro atoms. The van der Waals surface area contributed by atoms with Crippen molar-refractivity contribution < 1.29 is 9.18 Å². The van der Waals surface area contributed by atoms with E-state index in [-0.39, 0.29) is 17.2 Å². The lowest BCUT2D eigenvalue weighted by atomic mass is 10.0. The summed E-state index contributed by atoms with van der Waals surface area (Å²) in [7, 11) is 0. The molecule has 2 N–H and O–H groups in total. The molecule has 1 aromatic carbocycles. The Balaban J connectivity index is 2.66. The van der Waals surface area contributed by atoms with Gasteiger partial charge in [0.2, 0.25) is 0 Å². The van der Waals surface area contributed by atoms with Gasteiger partial charge in [-0.05, 0) is 24.1 Å². The lowest BCUT2D eigenvalue weighted by molar-refractivity contribution is -0.119. The average Bonchev–Trinajstić information content (AvgIpc) is 2.24. The van der Waals surface area contributed by atoms with Gasteiger partial charge in [-0.3, -0.25) is 4.79 Å². The molecule has 4 heteroatoms. The summed E-state index contributed by atoms with van der Waals surface area (Å²) in [5.74, 6) is -0.514. The highest BCUT2D eigenvalue weighted by Crippen LogP contribution is 2.16. The Morgan fingerprint density at radius 2 is 2.25 bits per heavy atom. The van der Waals surface area contributed by atoms with Gasteiger partial charge in [0.25, 0.3) is 0 Å². The second-order valence-corrected chi connectivity index (χ2v) is 4.19. The number of hydrogen-bond donors (Lipinski definition) is 1. The van der Waals surface area contributed by atoms with Crippen LogP contribution in [0.15, 0.2) is 18.2 Å². The summed E-state index contributed by atoms with van der Waals surface area (Å²) in [6.45, 7) is 1.97. The molecule has 0 amide bonds. The molecule has 0 bridgehead atoms. The van der Waals surface area contributed by atoms with Crippen LogP contribution < -0.4 is 5.73 Å². The number of benzene rings is 1. The number of hydrogen-bond acceptors (Lipinski definition) is 2. The van der Waals surface area contributed by atoms with Crippen LogP contribution >= 0.6 is 11.6 Å². The zero-order valence-corrected chi connectivity index (χ0v) is 9.93. The molecule has 0 fully saturated rings. The minimum Gasteiger partial charge on any atom is -0.321 e. The van der Waals surface area contributed by atoms with E-state index in [1.807, 2.05) is 6.92 Å². The lowest BCUT2D eigenvalue weighted by Gasteiger charge is -2.09. The van der Waals surface area contributed by atoms with Gasteiger partial charge in [-0.25, -0.2) is 4.39 Å². The van der Waals surface area contributed by atoms with Crippen LogP contribution in [0.2, 0.25) is 5.02 Å². The van der Waals surface area contributed by atoms with Gasteiger partial charge in [-0.1, -0.05) is 31.0 Å². The number of carbonyl (C=O) groups is 1. The van der Waals surface area contributed by atoms with E-state index in [0.29, 0.717) is 12.0 Å². The Kier molecular flexibility index (Phi) is 4.90. The smallest absolute Gasteiger partial charge is 0.153 e. The predicted octanol–water partition coefficient (Wildman–Crippen LogP) is 2.72. The fraction of sp³-hybridized carbons (Fsp3) is 0.417. The second-order valence-electron chi connectivity index (χ2n) is 3.79. The van der Waals surface area contributed by atoms with Crippen molar-refractivity contribution in [3.8, 4) is 0 Å². The van der Waals surface area contributed by atoms with Crippen molar-refractivity contribution in [2.45, 2.75) is 32.2 Å². The standard InChI is InChI=1S/C12H15ClFNO/c1-2-3-11(15)12(16)7-8-4-5-10(14)9(13)6-8/h4-6,11H,2-3,7,15H2,1H3. The first-order chi connectivity index (χ1) is 7.54. The highest BCUT2D eigenvalue weighted by Gasteiger charge is 2.13. The molecule has 1 unspecified atom stereocenters. The van der Waals surface area contributed by atoms with Crippen LogP contribution in [0, 0.1) is 5.82 Å². The number of nitrogens with two attached hydrogens (primary N) is 1. The van der Waals surface area contributed by atoms with E-state index < -0.39 is 11.9 Å². The first-order valence-electron chi connectivity index (χ1n) is 5.26. The normalized spacial score (nSPS) is 12.5. The molecule has 1 aromatic rings. The molecule has 16 heavy (non-hydrogen) atoms. The fourth-order valence-corrected chi connectivity index (χ4v) is 1.66. The third-order valence-electron chi connectivity index (χ3n) is 2.38. The molecule has 1 rings (SSSR count). The number of carbonyl (C=O) groups excluding carboxylic acids is 1. The van der Waals surface area contributed by atoms with Crippen molar-refractivity contribution in [1.29, 1.82) is 0 Å². The van der Waals surface area contributed by atoms with Crippen LogP contribution in [0.5, 0.6) is 0 Å². The van der Waals surface area contributed by atoms with Gasteiger partial charge < -0.3 is 5.73 Å². The van der Waals surface area contributed by atoms with Gasteiger partial charge in [-0.2, -0.15) is 0 Å². The maximum Gasteiger partial charge on any atom is 0.153 e. The average molecular weight is 244 g/mol. The maximum absolute atomic E-state index is 12.9. The molecule has 1 atom stereocenters. The van der Waals surface area contributed by atoms with Crippen LogP contribution in [-0.4, -0.2) is 11.8 Å². The van der Waals surface area contributed by atoms with Crippen molar-refractivity contribution in [2.24, 2.45) is 5.73 Å². The second kappa shape index (κ2) is 5.97. The quantitative estimate of drug-likeness (QED) is 0.864. The zero-order valence-electron chi connectivity index (χ0n) is 9.17. The summed E-state index contributed by atoms with van der Waals surface area (Å²) >= 11 is 5.62. The molecule has 0 aromatic heterocycles. The third-order valence-corrected chi connectivity index (χ3v) is 2.67. The molecule has 0 saturated heterocycles. The topological polar surface area (TPSA) is 43.1 Å². The van der Waals surface area contributed by atoms with E-state index in [4.69, 9.17) is 17.3 Å². The number of halogens is 2. The van der Waals surface area contributed by atoms with Crippen LogP contribution in [0.25, 0.3) is 0 Å². The number of ketones is 1. The molecule has 0 aliphatic heterocycles. The largest absolute Gasteiger partial charge is 0.321 e. The van der Waals surface area contributed by atoms with Gasteiger partial charge in [0.1, 0.15) is 5.82 Å². The van der Waals surface area contributed by atoms with Crippen LogP contribution in [-0.2, 0) is 11.2 Å². The van der Waals surface area contributed by atoms with E-state index >= 15 is 0 Å². The van der Waals surface area contributed by atoms with Gasteiger partial charge in [0.05, 0.1) is 11.1 Å². The minimum absolute atomic E-state index is 0.0364. The Labute approximate surface area is 99.6 Å². The molecule has 0 saturated carbocycles. The van der Waals surface area contributed by atoms with Crippen molar-refractivity contribution in [3.05, 3.63) is 34.6 Å². The predicted molar refractivity (Wildman–Crippen MR) is 63.0 cm³/mol.